The largest absolute Gasteiger partial charge is 0.487 e. The van der Waals surface area contributed by atoms with E-state index in [9.17, 15) is 4.79 Å². The van der Waals surface area contributed by atoms with E-state index in [1.165, 1.54) is 0 Å². The molecule has 0 spiro atoms. The molecule has 0 atom stereocenters. The zero-order valence-electron chi connectivity index (χ0n) is 9.77. The Morgan fingerprint density at radius 2 is 2.24 bits per heavy atom. The van der Waals surface area contributed by atoms with Gasteiger partial charge in [-0.25, -0.2) is 4.98 Å². The molecular formula is C13H13NO2S. The Hall–Kier alpha value is -1.68. The second-order valence-corrected chi connectivity index (χ2v) is 5.11. The van der Waals surface area contributed by atoms with Crippen LogP contribution in [0.4, 0.5) is 0 Å². The maximum atomic E-state index is 10.9. The minimum absolute atomic E-state index is 0.454. The summed E-state index contributed by atoms with van der Waals surface area (Å²) >= 11 is 1.60. The van der Waals surface area contributed by atoms with Crippen LogP contribution in [-0.4, -0.2) is 11.3 Å². The molecule has 0 saturated heterocycles. The Balaban J connectivity index is 2.11. The van der Waals surface area contributed by atoms with E-state index in [0.717, 1.165) is 21.7 Å². The third-order valence-corrected chi connectivity index (χ3v) is 3.22. The van der Waals surface area contributed by atoms with Gasteiger partial charge >= 0.3 is 0 Å². The molecule has 0 bridgehead atoms. The predicted octanol–water partition coefficient (Wildman–Crippen LogP) is 3.15. The molecule has 0 radical (unpaired) electrons. The van der Waals surface area contributed by atoms with Crippen LogP contribution in [0.3, 0.4) is 0 Å². The van der Waals surface area contributed by atoms with Gasteiger partial charge in [0.2, 0.25) is 0 Å². The van der Waals surface area contributed by atoms with Gasteiger partial charge in [0, 0.05) is 6.20 Å². The Labute approximate surface area is 104 Å². The first-order chi connectivity index (χ1) is 8.19. The zero-order valence-corrected chi connectivity index (χ0v) is 10.6. The van der Waals surface area contributed by atoms with E-state index in [0.29, 0.717) is 17.9 Å². The summed E-state index contributed by atoms with van der Waals surface area (Å²) in [4.78, 5) is 16.1. The average molecular weight is 247 g/mol. The number of rotatable bonds is 4. The summed E-state index contributed by atoms with van der Waals surface area (Å²) in [7, 11) is 0. The summed E-state index contributed by atoms with van der Waals surface area (Å²) in [6.07, 6.45) is 2.62. The molecule has 88 valence electrons. The first kappa shape index (κ1) is 11.8. The number of hydrogen-bond acceptors (Lipinski definition) is 4. The van der Waals surface area contributed by atoms with Crippen LogP contribution in [0.5, 0.6) is 5.75 Å². The van der Waals surface area contributed by atoms with Crippen molar-refractivity contribution in [1.29, 1.82) is 0 Å². The number of carbonyl (C=O) groups is 1. The molecule has 0 aliphatic heterocycles. The van der Waals surface area contributed by atoms with Gasteiger partial charge in [0.1, 0.15) is 12.4 Å². The molecule has 1 aromatic heterocycles. The number of aldehydes is 1. The molecule has 0 aliphatic carbocycles. The van der Waals surface area contributed by atoms with Gasteiger partial charge in [-0.05, 0) is 26.0 Å². The van der Waals surface area contributed by atoms with Crippen LogP contribution in [0.25, 0.3) is 0 Å². The number of aromatic nitrogens is 1. The number of aryl methyl sites for hydroxylation is 2. The molecule has 0 unspecified atom stereocenters. The summed E-state index contributed by atoms with van der Waals surface area (Å²) in [5.74, 6) is 0.622. The summed E-state index contributed by atoms with van der Waals surface area (Å²) in [5.41, 5.74) is 1.64. The lowest BCUT2D eigenvalue weighted by Gasteiger charge is -2.07. The van der Waals surface area contributed by atoms with Gasteiger partial charge in [0.15, 0.2) is 6.29 Å². The fourth-order valence-electron chi connectivity index (χ4n) is 1.51. The molecule has 2 rings (SSSR count). The van der Waals surface area contributed by atoms with Crippen molar-refractivity contribution in [3.05, 3.63) is 45.4 Å². The maximum absolute atomic E-state index is 10.9. The van der Waals surface area contributed by atoms with Crippen LogP contribution in [-0.2, 0) is 6.61 Å². The predicted molar refractivity (Wildman–Crippen MR) is 67.7 cm³/mol. The lowest BCUT2D eigenvalue weighted by Crippen LogP contribution is -1.97. The van der Waals surface area contributed by atoms with Crippen molar-refractivity contribution in [3.8, 4) is 5.75 Å². The zero-order chi connectivity index (χ0) is 12.3. The number of benzene rings is 1. The van der Waals surface area contributed by atoms with Crippen molar-refractivity contribution in [2.45, 2.75) is 20.5 Å². The third-order valence-electron chi connectivity index (χ3n) is 2.33. The molecule has 1 aromatic carbocycles. The molecule has 3 nitrogen and oxygen atoms in total. The van der Waals surface area contributed by atoms with E-state index in [1.54, 1.807) is 17.5 Å². The third kappa shape index (κ3) is 2.91. The number of thiazole rings is 1. The lowest BCUT2D eigenvalue weighted by atomic mass is 10.1. The second kappa shape index (κ2) is 5.10. The fraction of sp³-hybridized carbons (Fsp3) is 0.231. The van der Waals surface area contributed by atoms with E-state index >= 15 is 0 Å². The van der Waals surface area contributed by atoms with Crippen LogP contribution in [0.15, 0.2) is 24.4 Å². The second-order valence-electron chi connectivity index (χ2n) is 3.79. The first-order valence-corrected chi connectivity index (χ1v) is 6.10. The molecule has 0 fully saturated rings. The molecular weight excluding hydrogens is 234 g/mol. The van der Waals surface area contributed by atoms with Crippen LogP contribution in [0.1, 0.15) is 25.8 Å². The molecule has 0 amide bonds. The molecule has 4 heteroatoms. The van der Waals surface area contributed by atoms with Crippen molar-refractivity contribution in [1.82, 2.24) is 4.98 Å². The van der Waals surface area contributed by atoms with Crippen LogP contribution in [0.2, 0.25) is 0 Å². The van der Waals surface area contributed by atoms with Gasteiger partial charge in [-0.1, -0.05) is 11.6 Å². The quantitative estimate of drug-likeness (QED) is 0.779. The number of ether oxygens (including phenoxy) is 1. The highest BCUT2D eigenvalue weighted by Crippen LogP contribution is 2.21. The van der Waals surface area contributed by atoms with E-state index in [-0.39, 0.29) is 0 Å². The smallest absolute Gasteiger partial charge is 0.153 e. The van der Waals surface area contributed by atoms with Crippen LogP contribution >= 0.6 is 11.3 Å². The minimum atomic E-state index is 0.454. The standard InChI is InChI=1S/C13H13NO2S/c1-9-3-4-13(11(5-9)7-15)16-8-12-6-14-10(2)17-12/h3-7H,8H2,1-2H3. The fourth-order valence-corrected chi connectivity index (χ4v) is 2.22. The van der Waals surface area contributed by atoms with Crippen molar-refractivity contribution in [2.75, 3.05) is 0 Å². The minimum Gasteiger partial charge on any atom is -0.487 e. The highest BCUT2D eigenvalue weighted by atomic mass is 32.1. The lowest BCUT2D eigenvalue weighted by molar-refractivity contribution is 0.111. The SMILES string of the molecule is Cc1ccc(OCc2cnc(C)s2)c(C=O)c1. The number of carbonyl (C=O) groups excluding carboxylic acids is 1. The number of nitrogens with zero attached hydrogens (tertiary/aromatic N) is 1. The van der Waals surface area contributed by atoms with Gasteiger partial charge < -0.3 is 4.74 Å². The topological polar surface area (TPSA) is 39.2 Å². The van der Waals surface area contributed by atoms with Crippen molar-refractivity contribution >= 4 is 17.6 Å². The highest BCUT2D eigenvalue weighted by molar-refractivity contribution is 7.11. The number of hydrogen-bond donors (Lipinski definition) is 0. The van der Waals surface area contributed by atoms with Gasteiger partial charge in [-0.15, -0.1) is 11.3 Å². The highest BCUT2D eigenvalue weighted by Gasteiger charge is 2.05. The monoisotopic (exact) mass is 247 g/mol. The Morgan fingerprint density at radius 3 is 2.88 bits per heavy atom. The Kier molecular flexibility index (Phi) is 3.54. The van der Waals surface area contributed by atoms with E-state index in [2.05, 4.69) is 4.98 Å². The van der Waals surface area contributed by atoms with Crippen LogP contribution in [0, 0.1) is 13.8 Å². The molecule has 0 saturated carbocycles. The summed E-state index contributed by atoms with van der Waals surface area (Å²) in [6.45, 7) is 4.36. The van der Waals surface area contributed by atoms with Crippen molar-refractivity contribution in [3.63, 3.8) is 0 Å². The van der Waals surface area contributed by atoms with Gasteiger partial charge in [0.25, 0.3) is 0 Å². The van der Waals surface area contributed by atoms with Gasteiger partial charge in [0.05, 0.1) is 15.4 Å². The summed E-state index contributed by atoms with van der Waals surface area (Å²) < 4.78 is 5.62. The van der Waals surface area contributed by atoms with Gasteiger partial charge in [-0.2, -0.15) is 0 Å². The Bertz CT molecular complexity index is 534. The molecule has 0 N–H and O–H groups in total. The summed E-state index contributed by atoms with van der Waals surface area (Å²) in [5, 5.41) is 1.02. The van der Waals surface area contributed by atoms with Crippen LogP contribution < -0.4 is 4.74 Å². The molecule has 2 aromatic rings. The Morgan fingerprint density at radius 1 is 1.41 bits per heavy atom. The molecule has 0 aliphatic rings. The maximum Gasteiger partial charge on any atom is 0.153 e. The first-order valence-electron chi connectivity index (χ1n) is 5.29. The van der Waals surface area contributed by atoms with E-state index in [4.69, 9.17) is 4.74 Å². The van der Waals surface area contributed by atoms with E-state index in [1.807, 2.05) is 32.0 Å². The van der Waals surface area contributed by atoms with Crippen molar-refractivity contribution < 1.29 is 9.53 Å². The van der Waals surface area contributed by atoms with E-state index < -0.39 is 0 Å². The van der Waals surface area contributed by atoms with Crippen molar-refractivity contribution in [2.24, 2.45) is 0 Å². The van der Waals surface area contributed by atoms with Gasteiger partial charge in [-0.3, -0.25) is 4.79 Å². The average Bonchev–Trinajstić information content (AvgIpc) is 2.73. The molecule has 17 heavy (non-hydrogen) atoms. The molecule has 1 heterocycles. The normalized spacial score (nSPS) is 10.2. The summed E-state index contributed by atoms with van der Waals surface area (Å²) in [6, 6.07) is 5.58.